The van der Waals surface area contributed by atoms with Crippen molar-refractivity contribution in [2.24, 2.45) is 11.8 Å². The zero-order valence-corrected chi connectivity index (χ0v) is 14.1. The number of carbonyl (C=O) groups excluding carboxylic acids is 1. The maximum absolute atomic E-state index is 12.4. The van der Waals surface area contributed by atoms with E-state index in [1.165, 1.54) is 13.1 Å². The van der Waals surface area contributed by atoms with Crippen molar-refractivity contribution in [3.05, 3.63) is 27.8 Å². The van der Waals surface area contributed by atoms with Crippen LogP contribution in [-0.4, -0.2) is 43.7 Å². The van der Waals surface area contributed by atoms with E-state index in [2.05, 4.69) is 10.6 Å². The van der Waals surface area contributed by atoms with Crippen LogP contribution < -0.4 is 15.5 Å². The number of benzene rings is 1. The normalized spacial score (nSPS) is 21.3. The summed E-state index contributed by atoms with van der Waals surface area (Å²) in [5.41, 5.74) is 0.509. The van der Waals surface area contributed by atoms with Crippen molar-refractivity contribution in [2.75, 3.05) is 36.9 Å². The van der Waals surface area contributed by atoms with E-state index in [1.54, 1.807) is 0 Å². The largest absolute Gasteiger partial charge is 0.390 e. The molecule has 1 aromatic carbocycles. The Bertz CT molecular complexity index is 728. The summed E-state index contributed by atoms with van der Waals surface area (Å²) in [6.07, 6.45) is -4.40. The predicted molar refractivity (Wildman–Crippen MR) is 89.5 cm³/mol. The number of hydrogen-bond acceptors (Lipinski definition) is 5. The summed E-state index contributed by atoms with van der Waals surface area (Å²) in [7, 11) is 1.54. The maximum Gasteiger partial charge on any atom is 0.390 e. The van der Waals surface area contributed by atoms with Crippen molar-refractivity contribution in [2.45, 2.75) is 19.0 Å². The summed E-state index contributed by atoms with van der Waals surface area (Å²) in [4.78, 5) is 25.0. The Labute approximate surface area is 147 Å². The predicted octanol–water partition coefficient (Wildman–Crippen LogP) is 2.77. The Kier molecular flexibility index (Phi) is 4.68. The highest BCUT2D eigenvalue weighted by molar-refractivity contribution is 6.02. The van der Waals surface area contributed by atoms with Gasteiger partial charge >= 0.3 is 6.18 Å². The van der Waals surface area contributed by atoms with Crippen LogP contribution in [0.4, 0.5) is 30.2 Å². The van der Waals surface area contributed by atoms with Gasteiger partial charge in [-0.2, -0.15) is 13.2 Å². The standard InChI is InChI=1S/C16H19F3N4O3/c1-20-12-6-13(22-7-9-4-10(9)8-22)11(5-14(12)23(25)26)15(24)21-3-2-16(17,18)19/h5-6,9-10,20H,2-4,7-8H2,1H3,(H,21,24). The third-order valence-electron chi connectivity index (χ3n) is 4.84. The van der Waals surface area contributed by atoms with Crippen LogP contribution in [0.25, 0.3) is 0 Å². The minimum absolute atomic E-state index is 0.0270. The molecular weight excluding hydrogens is 353 g/mol. The van der Waals surface area contributed by atoms with Crippen LogP contribution in [0.15, 0.2) is 12.1 Å². The highest BCUT2D eigenvalue weighted by Gasteiger charge is 2.46. The topological polar surface area (TPSA) is 87.5 Å². The van der Waals surface area contributed by atoms with E-state index in [9.17, 15) is 28.1 Å². The minimum atomic E-state index is -4.38. The zero-order chi connectivity index (χ0) is 19.1. The van der Waals surface area contributed by atoms with E-state index < -0.39 is 30.0 Å². The third kappa shape index (κ3) is 3.83. The van der Waals surface area contributed by atoms with Gasteiger partial charge in [-0.05, 0) is 24.3 Å². The number of amides is 1. The fraction of sp³-hybridized carbons (Fsp3) is 0.562. The second-order valence-electron chi connectivity index (χ2n) is 6.68. The molecule has 2 unspecified atom stereocenters. The molecule has 7 nitrogen and oxygen atoms in total. The average Bonchev–Trinajstić information content (AvgIpc) is 3.17. The van der Waals surface area contributed by atoms with Gasteiger partial charge in [0.2, 0.25) is 0 Å². The number of alkyl halides is 3. The molecular formula is C16H19F3N4O3. The fourth-order valence-corrected chi connectivity index (χ4v) is 3.38. The first-order chi connectivity index (χ1) is 12.2. The van der Waals surface area contributed by atoms with Gasteiger partial charge in [0.15, 0.2) is 0 Å². The molecule has 2 fully saturated rings. The van der Waals surface area contributed by atoms with Crippen LogP contribution in [0.1, 0.15) is 23.2 Å². The molecule has 2 N–H and O–H groups in total. The van der Waals surface area contributed by atoms with Gasteiger partial charge in [-0.15, -0.1) is 0 Å². The van der Waals surface area contributed by atoms with Crippen LogP contribution in [0, 0.1) is 22.0 Å². The van der Waals surface area contributed by atoms with Crippen molar-refractivity contribution < 1.29 is 22.9 Å². The lowest BCUT2D eigenvalue weighted by Gasteiger charge is -2.24. The molecule has 1 heterocycles. The number of hydrogen-bond donors (Lipinski definition) is 2. The molecule has 1 aliphatic carbocycles. The molecule has 1 saturated carbocycles. The molecule has 1 aromatic rings. The lowest BCUT2D eigenvalue weighted by molar-refractivity contribution is -0.383. The first-order valence-electron chi connectivity index (χ1n) is 8.29. The maximum atomic E-state index is 12.4. The fourth-order valence-electron chi connectivity index (χ4n) is 3.38. The van der Waals surface area contributed by atoms with Crippen molar-refractivity contribution in [3.63, 3.8) is 0 Å². The summed E-state index contributed by atoms with van der Waals surface area (Å²) < 4.78 is 36.9. The molecule has 0 spiro atoms. The van der Waals surface area contributed by atoms with Crippen LogP contribution in [0.5, 0.6) is 0 Å². The van der Waals surface area contributed by atoms with Crippen molar-refractivity contribution in [1.29, 1.82) is 0 Å². The molecule has 1 aliphatic heterocycles. The second-order valence-corrected chi connectivity index (χ2v) is 6.68. The first-order valence-corrected chi connectivity index (χ1v) is 8.29. The second kappa shape index (κ2) is 6.65. The molecule has 1 saturated heterocycles. The number of nitrogens with zero attached hydrogens (tertiary/aromatic N) is 2. The van der Waals surface area contributed by atoms with Gasteiger partial charge in [-0.3, -0.25) is 14.9 Å². The Morgan fingerprint density at radius 2 is 2.00 bits per heavy atom. The van der Waals surface area contributed by atoms with E-state index in [-0.39, 0.29) is 16.9 Å². The molecule has 1 amide bonds. The van der Waals surface area contributed by atoms with Gasteiger partial charge in [0.05, 0.1) is 22.6 Å². The van der Waals surface area contributed by atoms with E-state index in [4.69, 9.17) is 0 Å². The molecule has 10 heteroatoms. The molecule has 2 atom stereocenters. The van der Waals surface area contributed by atoms with Gasteiger partial charge in [0, 0.05) is 32.7 Å². The number of nitro groups is 1. The summed E-state index contributed by atoms with van der Waals surface area (Å²) >= 11 is 0. The average molecular weight is 372 g/mol. The first kappa shape index (κ1) is 18.3. The molecule has 2 aliphatic rings. The van der Waals surface area contributed by atoms with E-state index >= 15 is 0 Å². The number of rotatable bonds is 6. The van der Waals surface area contributed by atoms with Crippen LogP contribution >= 0.6 is 0 Å². The molecule has 0 bridgehead atoms. The van der Waals surface area contributed by atoms with Gasteiger partial charge in [0.1, 0.15) is 5.69 Å². The Balaban J connectivity index is 1.88. The SMILES string of the molecule is CNc1cc(N2CC3CC3C2)c(C(=O)NCCC(F)(F)F)cc1[N+](=O)[O-]. The molecule has 0 radical (unpaired) electrons. The minimum Gasteiger partial charge on any atom is -0.383 e. The molecule has 3 rings (SSSR count). The number of halogens is 3. The molecule has 0 aromatic heterocycles. The number of anilines is 2. The Morgan fingerprint density at radius 1 is 1.35 bits per heavy atom. The number of piperidine rings is 1. The lowest BCUT2D eigenvalue weighted by atomic mass is 10.1. The van der Waals surface area contributed by atoms with Crippen LogP contribution in [0.3, 0.4) is 0 Å². The number of nitrogens with one attached hydrogen (secondary N) is 2. The van der Waals surface area contributed by atoms with Crippen molar-refractivity contribution >= 4 is 23.0 Å². The van der Waals surface area contributed by atoms with E-state index in [1.807, 2.05) is 4.90 Å². The number of fused-ring (bicyclic) bond motifs is 1. The lowest BCUT2D eigenvalue weighted by Crippen LogP contribution is -2.31. The summed E-state index contributed by atoms with van der Waals surface area (Å²) in [5.74, 6) is 0.379. The third-order valence-corrected chi connectivity index (χ3v) is 4.84. The summed E-state index contributed by atoms with van der Waals surface area (Å²) in [5, 5.41) is 16.2. The Hall–Kier alpha value is -2.52. The van der Waals surface area contributed by atoms with E-state index in [0.717, 1.165) is 25.6 Å². The van der Waals surface area contributed by atoms with Gasteiger partial charge in [-0.1, -0.05) is 0 Å². The highest BCUT2D eigenvalue weighted by Crippen LogP contribution is 2.47. The monoisotopic (exact) mass is 372 g/mol. The van der Waals surface area contributed by atoms with Crippen LogP contribution in [0.2, 0.25) is 0 Å². The van der Waals surface area contributed by atoms with Gasteiger partial charge < -0.3 is 15.5 Å². The van der Waals surface area contributed by atoms with E-state index in [0.29, 0.717) is 17.5 Å². The Morgan fingerprint density at radius 3 is 2.54 bits per heavy atom. The number of nitro benzene ring substituents is 1. The summed E-state index contributed by atoms with van der Waals surface area (Å²) in [6, 6.07) is 2.66. The molecule has 142 valence electrons. The quantitative estimate of drug-likeness (QED) is 0.592. The van der Waals surface area contributed by atoms with Gasteiger partial charge in [0.25, 0.3) is 11.6 Å². The highest BCUT2D eigenvalue weighted by atomic mass is 19.4. The number of carbonyl (C=O) groups is 1. The smallest absolute Gasteiger partial charge is 0.383 e. The zero-order valence-electron chi connectivity index (χ0n) is 14.1. The van der Waals surface area contributed by atoms with Gasteiger partial charge in [-0.25, -0.2) is 0 Å². The van der Waals surface area contributed by atoms with Crippen molar-refractivity contribution in [1.82, 2.24) is 5.32 Å². The van der Waals surface area contributed by atoms with Crippen molar-refractivity contribution in [3.8, 4) is 0 Å². The summed E-state index contributed by atoms with van der Waals surface area (Å²) in [6.45, 7) is 0.914. The van der Waals surface area contributed by atoms with Crippen LogP contribution in [-0.2, 0) is 0 Å². The molecule has 26 heavy (non-hydrogen) atoms.